The van der Waals surface area contributed by atoms with Crippen LogP contribution in [0, 0.1) is 5.82 Å². The third-order valence-electron chi connectivity index (χ3n) is 5.60. The predicted molar refractivity (Wildman–Crippen MR) is 119 cm³/mol. The summed E-state index contributed by atoms with van der Waals surface area (Å²) in [5.74, 6) is 0.980. The van der Waals surface area contributed by atoms with Crippen LogP contribution < -0.4 is 0 Å². The number of carbonyl (C=O) groups excluding carboxylic acids is 1. The number of piperazine rings is 1. The molecule has 2 aromatic rings. The number of benzene rings is 1. The van der Waals surface area contributed by atoms with Gasteiger partial charge in [0.25, 0.3) is 5.91 Å². The van der Waals surface area contributed by atoms with Gasteiger partial charge in [-0.05, 0) is 18.2 Å². The summed E-state index contributed by atoms with van der Waals surface area (Å²) in [4.78, 5) is 19.6. The fourth-order valence-corrected chi connectivity index (χ4v) is 6.56. The van der Waals surface area contributed by atoms with Gasteiger partial charge in [0.05, 0.1) is 0 Å². The zero-order valence-electron chi connectivity index (χ0n) is 16.9. The molecule has 1 aromatic heterocycles. The number of sulfonamides is 1. The molecular formula is C20H24ClFN4O3S2. The smallest absolute Gasteiger partial charge is 0.270 e. The van der Waals surface area contributed by atoms with Crippen LogP contribution in [0.1, 0.15) is 16.1 Å². The van der Waals surface area contributed by atoms with Crippen LogP contribution in [-0.2, 0) is 16.6 Å². The Kier molecular flexibility index (Phi) is 6.92. The highest BCUT2D eigenvalue weighted by atomic mass is 35.5. The van der Waals surface area contributed by atoms with Gasteiger partial charge in [0.2, 0.25) is 10.0 Å². The van der Waals surface area contributed by atoms with E-state index < -0.39 is 10.0 Å². The quantitative estimate of drug-likeness (QED) is 0.702. The van der Waals surface area contributed by atoms with Gasteiger partial charge >= 0.3 is 0 Å². The molecule has 0 bridgehead atoms. The van der Waals surface area contributed by atoms with Crippen molar-refractivity contribution in [2.24, 2.45) is 0 Å². The fourth-order valence-electron chi connectivity index (χ4n) is 3.77. The largest absolute Gasteiger partial charge is 0.356 e. The molecule has 11 heteroatoms. The van der Waals surface area contributed by atoms with E-state index in [1.165, 1.54) is 22.6 Å². The maximum atomic E-state index is 14.0. The molecule has 7 nitrogen and oxygen atoms in total. The van der Waals surface area contributed by atoms with Gasteiger partial charge in [0.15, 0.2) is 0 Å². The molecule has 31 heavy (non-hydrogen) atoms. The Bertz CT molecular complexity index is 1030. The Morgan fingerprint density at radius 1 is 1.13 bits per heavy atom. The van der Waals surface area contributed by atoms with Crippen LogP contribution >= 0.6 is 23.4 Å². The average molecular weight is 487 g/mol. The number of rotatable bonds is 5. The highest BCUT2D eigenvalue weighted by Gasteiger charge is 2.29. The standard InChI is InChI=1S/C20H24ClFN4O3S2/c21-17-2-1-3-18(22)16(17)14-24-4-6-25(7-5-24)20(27)19-12-15(13-23-19)31(28,29)26-8-10-30-11-9-26/h1-3,12-13,23H,4-11,14H2. The topological polar surface area (TPSA) is 76.7 Å². The minimum Gasteiger partial charge on any atom is -0.356 e. The summed E-state index contributed by atoms with van der Waals surface area (Å²) >= 11 is 7.85. The van der Waals surface area contributed by atoms with Crippen LogP contribution in [0.2, 0.25) is 5.02 Å². The number of hydrogen-bond donors (Lipinski definition) is 1. The maximum absolute atomic E-state index is 14.0. The molecule has 0 spiro atoms. The molecule has 168 valence electrons. The molecule has 2 aliphatic rings. The lowest BCUT2D eigenvalue weighted by Crippen LogP contribution is -2.48. The van der Waals surface area contributed by atoms with Gasteiger partial charge in [-0.25, -0.2) is 12.8 Å². The fraction of sp³-hybridized carbons (Fsp3) is 0.450. The lowest BCUT2D eigenvalue weighted by Gasteiger charge is -2.34. The van der Waals surface area contributed by atoms with Crippen molar-refractivity contribution in [3.05, 3.63) is 52.6 Å². The molecule has 0 atom stereocenters. The monoisotopic (exact) mass is 486 g/mol. The Labute approximate surface area is 190 Å². The normalized spacial score (nSPS) is 19.0. The van der Waals surface area contributed by atoms with E-state index in [9.17, 15) is 17.6 Å². The molecule has 1 aromatic carbocycles. The van der Waals surface area contributed by atoms with E-state index in [0.717, 1.165) is 11.5 Å². The molecule has 3 heterocycles. The molecule has 2 aliphatic heterocycles. The highest BCUT2D eigenvalue weighted by molar-refractivity contribution is 7.99. The first-order chi connectivity index (χ1) is 14.9. The summed E-state index contributed by atoms with van der Waals surface area (Å²) < 4.78 is 41.1. The second-order valence-electron chi connectivity index (χ2n) is 7.53. The van der Waals surface area contributed by atoms with Gasteiger partial charge in [0, 0.05) is 74.1 Å². The number of thioether (sulfide) groups is 1. The number of nitrogens with one attached hydrogen (secondary N) is 1. The highest BCUT2D eigenvalue weighted by Crippen LogP contribution is 2.23. The van der Waals surface area contributed by atoms with Crippen molar-refractivity contribution in [1.29, 1.82) is 0 Å². The number of nitrogens with zero attached hydrogens (tertiary/aromatic N) is 3. The molecule has 4 rings (SSSR count). The number of halogens is 2. The Balaban J connectivity index is 1.37. The van der Waals surface area contributed by atoms with E-state index in [4.69, 9.17) is 11.6 Å². The molecule has 2 fully saturated rings. The van der Waals surface area contributed by atoms with Crippen molar-refractivity contribution in [3.63, 3.8) is 0 Å². The first-order valence-corrected chi connectivity index (χ1v) is 13.0. The maximum Gasteiger partial charge on any atom is 0.270 e. The summed E-state index contributed by atoms with van der Waals surface area (Å²) in [6.45, 7) is 3.43. The third kappa shape index (κ3) is 4.93. The number of aromatic nitrogens is 1. The van der Waals surface area contributed by atoms with Crippen molar-refractivity contribution in [3.8, 4) is 0 Å². The number of carbonyl (C=O) groups is 1. The molecule has 1 N–H and O–H groups in total. The van der Waals surface area contributed by atoms with Gasteiger partial charge in [0.1, 0.15) is 16.4 Å². The lowest BCUT2D eigenvalue weighted by molar-refractivity contribution is 0.0622. The predicted octanol–water partition coefficient (Wildman–Crippen LogP) is 2.50. The summed E-state index contributed by atoms with van der Waals surface area (Å²) in [6.07, 6.45) is 1.39. The molecule has 1 amide bonds. The van der Waals surface area contributed by atoms with E-state index in [2.05, 4.69) is 4.98 Å². The van der Waals surface area contributed by atoms with Gasteiger partial charge in [-0.2, -0.15) is 16.1 Å². The minimum atomic E-state index is -3.60. The van der Waals surface area contributed by atoms with E-state index in [1.807, 2.05) is 4.90 Å². The van der Waals surface area contributed by atoms with Crippen molar-refractivity contribution >= 4 is 39.3 Å². The number of hydrogen-bond acceptors (Lipinski definition) is 5. The van der Waals surface area contributed by atoms with Crippen LogP contribution in [0.25, 0.3) is 0 Å². The molecule has 0 unspecified atom stereocenters. The number of amides is 1. The Morgan fingerprint density at radius 3 is 2.52 bits per heavy atom. The lowest BCUT2D eigenvalue weighted by atomic mass is 10.1. The van der Waals surface area contributed by atoms with E-state index in [0.29, 0.717) is 56.4 Å². The van der Waals surface area contributed by atoms with Crippen molar-refractivity contribution in [2.75, 3.05) is 50.8 Å². The van der Waals surface area contributed by atoms with E-state index in [1.54, 1.807) is 28.8 Å². The Hall–Kier alpha value is -1.59. The van der Waals surface area contributed by atoms with E-state index in [-0.39, 0.29) is 22.3 Å². The third-order valence-corrected chi connectivity index (χ3v) is 8.77. The molecule has 0 aliphatic carbocycles. The summed E-state index contributed by atoms with van der Waals surface area (Å²) in [6, 6.07) is 6.05. The second-order valence-corrected chi connectivity index (χ2v) is 11.1. The first kappa shape index (κ1) is 22.6. The van der Waals surface area contributed by atoms with Crippen molar-refractivity contribution in [2.45, 2.75) is 11.4 Å². The van der Waals surface area contributed by atoms with Crippen LogP contribution in [0.4, 0.5) is 4.39 Å². The summed E-state index contributed by atoms with van der Waals surface area (Å²) in [7, 11) is -3.60. The van der Waals surface area contributed by atoms with Crippen molar-refractivity contribution < 1.29 is 17.6 Å². The number of H-pyrrole nitrogens is 1. The van der Waals surface area contributed by atoms with Gasteiger partial charge in [-0.15, -0.1) is 0 Å². The molecule has 0 saturated carbocycles. The van der Waals surface area contributed by atoms with Gasteiger partial charge in [-0.3, -0.25) is 9.69 Å². The minimum absolute atomic E-state index is 0.121. The summed E-state index contributed by atoms with van der Waals surface area (Å²) in [5, 5.41) is 0.394. The SMILES string of the molecule is O=C(c1cc(S(=O)(=O)N2CCSCC2)c[nH]1)N1CCN(Cc2c(F)cccc2Cl)CC1. The van der Waals surface area contributed by atoms with Crippen LogP contribution in [0.3, 0.4) is 0 Å². The molecular weight excluding hydrogens is 463 g/mol. The first-order valence-electron chi connectivity index (χ1n) is 10.1. The van der Waals surface area contributed by atoms with E-state index >= 15 is 0 Å². The summed E-state index contributed by atoms with van der Waals surface area (Å²) in [5.41, 5.74) is 0.717. The van der Waals surface area contributed by atoms with Crippen LogP contribution in [-0.4, -0.2) is 84.2 Å². The van der Waals surface area contributed by atoms with Gasteiger partial charge < -0.3 is 9.88 Å². The zero-order valence-corrected chi connectivity index (χ0v) is 19.3. The zero-order chi connectivity index (χ0) is 22.0. The van der Waals surface area contributed by atoms with Gasteiger partial charge in [-0.1, -0.05) is 17.7 Å². The van der Waals surface area contributed by atoms with Crippen LogP contribution in [0.15, 0.2) is 35.4 Å². The Morgan fingerprint density at radius 2 is 1.84 bits per heavy atom. The molecule has 0 radical (unpaired) electrons. The second kappa shape index (κ2) is 9.50. The van der Waals surface area contributed by atoms with Crippen molar-refractivity contribution in [1.82, 2.24) is 19.1 Å². The average Bonchev–Trinajstić information content (AvgIpc) is 3.28. The van der Waals surface area contributed by atoms with Crippen LogP contribution in [0.5, 0.6) is 0 Å². The molecule has 2 saturated heterocycles. The number of aromatic amines is 1.